The molecule has 1 heterocycles. The highest BCUT2D eigenvalue weighted by atomic mass is 35.5. The Labute approximate surface area is 110 Å². The molecule has 2 rings (SSSR count). The topological polar surface area (TPSA) is 75.9 Å². The lowest BCUT2D eigenvalue weighted by molar-refractivity contribution is 1.04. The van der Waals surface area contributed by atoms with Gasteiger partial charge in [0.1, 0.15) is 5.82 Å². The Morgan fingerprint density at radius 3 is 2.78 bits per heavy atom. The minimum atomic E-state index is 0.386. The van der Waals surface area contributed by atoms with E-state index in [0.717, 1.165) is 16.3 Å². The molecule has 5 nitrogen and oxygen atoms in total. The van der Waals surface area contributed by atoms with Crippen molar-refractivity contribution in [2.75, 3.05) is 10.7 Å². The molecule has 0 bridgehead atoms. The van der Waals surface area contributed by atoms with Gasteiger partial charge in [0.05, 0.1) is 0 Å². The van der Waals surface area contributed by atoms with Gasteiger partial charge in [-0.2, -0.15) is 4.98 Å². The van der Waals surface area contributed by atoms with Crippen LogP contribution in [0.5, 0.6) is 0 Å². The molecule has 94 valence electrons. The third-order valence-electron chi connectivity index (χ3n) is 2.40. The van der Waals surface area contributed by atoms with E-state index in [4.69, 9.17) is 17.4 Å². The average molecular weight is 264 g/mol. The SMILES string of the molecule is Cc1cc(NCc2ccccc2Cl)nc(NN)n1. The highest BCUT2D eigenvalue weighted by Crippen LogP contribution is 2.17. The minimum absolute atomic E-state index is 0.386. The zero-order chi connectivity index (χ0) is 13.0. The lowest BCUT2D eigenvalue weighted by Crippen LogP contribution is -2.12. The predicted octanol–water partition coefficient (Wildman–Crippen LogP) is 2.34. The van der Waals surface area contributed by atoms with Gasteiger partial charge in [0, 0.05) is 23.3 Å². The largest absolute Gasteiger partial charge is 0.366 e. The molecule has 4 N–H and O–H groups in total. The van der Waals surface area contributed by atoms with Gasteiger partial charge in [-0.1, -0.05) is 29.8 Å². The van der Waals surface area contributed by atoms with E-state index < -0.39 is 0 Å². The fourth-order valence-corrected chi connectivity index (χ4v) is 1.75. The van der Waals surface area contributed by atoms with Crippen molar-refractivity contribution in [3.8, 4) is 0 Å². The van der Waals surface area contributed by atoms with Crippen LogP contribution in [0.3, 0.4) is 0 Å². The molecular weight excluding hydrogens is 250 g/mol. The standard InChI is InChI=1S/C12H14ClN5/c1-8-6-11(17-12(16-8)18-14)15-7-9-4-2-3-5-10(9)13/h2-6H,7,14H2,1H3,(H2,15,16,17,18). The van der Waals surface area contributed by atoms with Crippen molar-refractivity contribution < 1.29 is 0 Å². The van der Waals surface area contributed by atoms with Crippen molar-refractivity contribution in [3.63, 3.8) is 0 Å². The number of nitrogens with two attached hydrogens (primary N) is 1. The summed E-state index contributed by atoms with van der Waals surface area (Å²) in [6, 6.07) is 9.51. The van der Waals surface area contributed by atoms with Crippen molar-refractivity contribution >= 4 is 23.4 Å². The summed E-state index contributed by atoms with van der Waals surface area (Å²) in [4.78, 5) is 8.31. The highest BCUT2D eigenvalue weighted by molar-refractivity contribution is 6.31. The second-order valence-corrected chi connectivity index (χ2v) is 4.21. The third-order valence-corrected chi connectivity index (χ3v) is 2.77. The Kier molecular flexibility index (Phi) is 3.96. The number of aromatic nitrogens is 2. The summed E-state index contributed by atoms with van der Waals surface area (Å²) in [7, 11) is 0. The van der Waals surface area contributed by atoms with E-state index in [1.807, 2.05) is 37.3 Å². The number of nitrogens with zero attached hydrogens (tertiary/aromatic N) is 2. The molecule has 0 amide bonds. The van der Waals surface area contributed by atoms with Gasteiger partial charge in [0.25, 0.3) is 0 Å². The minimum Gasteiger partial charge on any atom is -0.366 e. The van der Waals surface area contributed by atoms with Crippen LogP contribution in [0.15, 0.2) is 30.3 Å². The summed E-state index contributed by atoms with van der Waals surface area (Å²) in [5, 5.41) is 3.92. The average Bonchev–Trinajstić information content (AvgIpc) is 2.37. The summed E-state index contributed by atoms with van der Waals surface area (Å²) < 4.78 is 0. The first-order valence-corrected chi connectivity index (χ1v) is 5.86. The van der Waals surface area contributed by atoms with Crippen LogP contribution in [0.4, 0.5) is 11.8 Å². The maximum Gasteiger partial charge on any atom is 0.239 e. The molecule has 0 atom stereocenters. The predicted molar refractivity (Wildman–Crippen MR) is 73.4 cm³/mol. The van der Waals surface area contributed by atoms with Crippen molar-refractivity contribution in [2.45, 2.75) is 13.5 Å². The lowest BCUT2D eigenvalue weighted by atomic mass is 10.2. The molecule has 0 unspecified atom stereocenters. The third kappa shape index (κ3) is 3.09. The number of nitrogen functional groups attached to an aromatic ring is 1. The van der Waals surface area contributed by atoms with Gasteiger partial charge < -0.3 is 5.32 Å². The maximum absolute atomic E-state index is 6.08. The van der Waals surface area contributed by atoms with Crippen LogP contribution in [0.25, 0.3) is 0 Å². The smallest absolute Gasteiger partial charge is 0.239 e. The number of hydrogen-bond acceptors (Lipinski definition) is 5. The quantitative estimate of drug-likeness (QED) is 0.583. The van der Waals surface area contributed by atoms with Crippen LogP contribution in [0.2, 0.25) is 5.02 Å². The number of hydrazine groups is 1. The van der Waals surface area contributed by atoms with Crippen LogP contribution in [0.1, 0.15) is 11.3 Å². The Morgan fingerprint density at radius 2 is 2.06 bits per heavy atom. The van der Waals surface area contributed by atoms with E-state index in [-0.39, 0.29) is 0 Å². The van der Waals surface area contributed by atoms with E-state index in [1.165, 1.54) is 0 Å². The van der Waals surface area contributed by atoms with Crippen LogP contribution in [0, 0.1) is 6.92 Å². The van der Waals surface area contributed by atoms with Gasteiger partial charge in [0.2, 0.25) is 5.95 Å². The Balaban J connectivity index is 2.11. The molecule has 0 saturated heterocycles. The summed E-state index contributed by atoms with van der Waals surface area (Å²) in [6.45, 7) is 2.48. The Bertz CT molecular complexity index is 544. The lowest BCUT2D eigenvalue weighted by Gasteiger charge is -2.09. The number of hydrogen-bond donors (Lipinski definition) is 3. The zero-order valence-electron chi connectivity index (χ0n) is 9.94. The second kappa shape index (κ2) is 5.66. The van der Waals surface area contributed by atoms with E-state index in [2.05, 4.69) is 20.7 Å². The number of benzene rings is 1. The van der Waals surface area contributed by atoms with Crippen LogP contribution >= 0.6 is 11.6 Å². The summed E-state index contributed by atoms with van der Waals surface area (Å²) in [6.07, 6.45) is 0. The van der Waals surface area contributed by atoms with E-state index >= 15 is 0 Å². The molecular formula is C12H14ClN5. The van der Waals surface area contributed by atoms with Crippen molar-refractivity contribution in [1.29, 1.82) is 0 Å². The first-order chi connectivity index (χ1) is 8.69. The molecule has 0 saturated carbocycles. The molecule has 18 heavy (non-hydrogen) atoms. The van der Waals surface area contributed by atoms with E-state index in [9.17, 15) is 0 Å². The van der Waals surface area contributed by atoms with Gasteiger partial charge in [-0.05, 0) is 18.6 Å². The fraction of sp³-hybridized carbons (Fsp3) is 0.167. The zero-order valence-corrected chi connectivity index (χ0v) is 10.7. The van der Waals surface area contributed by atoms with Crippen LogP contribution in [-0.2, 0) is 6.54 Å². The summed E-state index contributed by atoms with van der Waals surface area (Å²) in [5.41, 5.74) is 4.27. The Morgan fingerprint density at radius 1 is 1.28 bits per heavy atom. The van der Waals surface area contributed by atoms with Gasteiger partial charge >= 0.3 is 0 Å². The number of aryl methyl sites for hydroxylation is 1. The van der Waals surface area contributed by atoms with E-state index in [0.29, 0.717) is 18.3 Å². The van der Waals surface area contributed by atoms with Crippen molar-refractivity contribution in [2.24, 2.45) is 5.84 Å². The molecule has 0 spiro atoms. The molecule has 0 radical (unpaired) electrons. The molecule has 0 aliphatic rings. The second-order valence-electron chi connectivity index (χ2n) is 3.81. The molecule has 0 aliphatic heterocycles. The number of nitrogens with one attached hydrogen (secondary N) is 2. The molecule has 2 aromatic rings. The Hall–Kier alpha value is -1.85. The molecule has 6 heteroatoms. The van der Waals surface area contributed by atoms with Gasteiger partial charge in [0.15, 0.2) is 0 Å². The normalized spacial score (nSPS) is 10.2. The summed E-state index contributed by atoms with van der Waals surface area (Å²) in [5.74, 6) is 6.38. The fourth-order valence-electron chi connectivity index (χ4n) is 1.55. The first-order valence-electron chi connectivity index (χ1n) is 5.48. The molecule has 0 fully saturated rings. The number of anilines is 2. The van der Waals surface area contributed by atoms with Gasteiger partial charge in [-0.15, -0.1) is 0 Å². The molecule has 1 aromatic carbocycles. The monoisotopic (exact) mass is 263 g/mol. The molecule has 1 aromatic heterocycles. The van der Waals surface area contributed by atoms with Crippen LogP contribution < -0.4 is 16.6 Å². The van der Waals surface area contributed by atoms with Crippen molar-refractivity contribution in [3.05, 3.63) is 46.6 Å². The van der Waals surface area contributed by atoms with Gasteiger partial charge in [-0.3, -0.25) is 5.43 Å². The number of rotatable bonds is 4. The highest BCUT2D eigenvalue weighted by Gasteiger charge is 2.02. The van der Waals surface area contributed by atoms with E-state index in [1.54, 1.807) is 0 Å². The van der Waals surface area contributed by atoms with Crippen molar-refractivity contribution in [1.82, 2.24) is 9.97 Å². The molecule has 0 aliphatic carbocycles. The maximum atomic E-state index is 6.08. The summed E-state index contributed by atoms with van der Waals surface area (Å²) >= 11 is 6.08. The first kappa shape index (κ1) is 12.6. The van der Waals surface area contributed by atoms with Gasteiger partial charge in [-0.25, -0.2) is 10.8 Å². The number of halogens is 1. The van der Waals surface area contributed by atoms with Crippen LogP contribution in [-0.4, -0.2) is 9.97 Å².